The van der Waals surface area contributed by atoms with Gasteiger partial charge < -0.3 is 15.2 Å². The highest BCUT2D eigenvalue weighted by Crippen LogP contribution is 2.23. The van der Waals surface area contributed by atoms with Crippen LogP contribution in [-0.2, 0) is 19.4 Å². The fraction of sp³-hybridized carbons (Fsp3) is 0.467. The molecule has 1 unspecified atom stereocenters. The van der Waals surface area contributed by atoms with Gasteiger partial charge in [-0.25, -0.2) is 13.2 Å². The first-order valence-electron chi connectivity index (χ1n) is 7.37. The van der Waals surface area contributed by atoms with Crippen LogP contribution >= 0.6 is 11.6 Å². The minimum absolute atomic E-state index is 0.0414. The number of halogens is 1. The fourth-order valence-electron chi connectivity index (χ4n) is 2.45. The van der Waals surface area contributed by atoms with Gasteiger partial charge in [0.1, 0.15) is 5.25 Å². The normalized spacial score (nSPS) is 17.2. The number of nitrogens with one attached hydrogen (secondary N) is 1. The van der Waals surface area contributed by atoms with Crippen molar-refractivity contribution in [3.63, 3.8) is 0 Å². The second-order valence-electron chi connectivity index (χ2n) is 5.53. The lowest BCUT2D eigenvalue weighted by Gasteiger charge is -2.25. The Kier molecular flexibility index (Phi) is 5.84. The molecule has 1 amide bonds. The molecule has 0 saturated carbocycles. The number of ether oxygens (including phenoxy) is 1. The molecule has 7 nitrogen and oxygen atoms in total. The van der Waals surface area contributed by atoms with E-state index in [2.05, 4.69) is 5.32 Å². The molecule has 132 valence electrons. The van der Waals surface area contributed by atoms with Crippen molar-refractivity contribution < 1.29 is 27.9 Å². The summed E-state index contributed by atoms with van der Waals surface area (Å²) < 4.78 is 30.2. The molecule has 0 radical (unpaired) electrons. The average Bonchev–Trinajstić information content (AvgIpc) is 2.54. The third-order valence-corrected chi connectivity index (χ3v) is 6.88. The first-order valence-corrected chi connectivity index (χ1v) is 9.36. The van der Waals surface area contributed by atoms with Crippen LogP contribution in [0.2, 0.25) is 5.02 Å². The number of amides is 1. The van der Waals surface area contributed by atoms with Crippen molar-refractivity contribution in [2.75, 3.05) is 18.5 Å². The van der Waals surface area contributed by atoms with Gasteiger partial charge in [0.05, 0.1) is 15.8 Å². The number of aromatic carboxylic acids is 1. The fourth-order valence-corrected chi connectivity index (χ4v) is 4.50. The zero-order valence-corrected chi connectivity index (χ0v) is 14.6. The first-order chi connectivity index (χ1) is 11.2. The number of carbonyl (C=O) groups is 2. The number of hydrogen-bond acceptors (Lipinski definition) is 5. The van der Waals surface area contributed by atoms with Gasteiger partial charge >= 0.3 is 5.97 Å². The van der Waals surface area contributed by atoms with E-state index in [0.29, 0.717) is 26.1 Å². The van der Waals surface area contributed by atoms with Gasteiger partial charge in [-0.05, 0) is 38.0 Å². The lowest BCUT2D eigenvalue weighted by molar-refractivity contribution is -0.115. The van der Waals surface area contributed by atoms with Crippen LogP contribution < -0.4 is 5.32 Å². The molecule has 1 atom stereocenters. The predicted molar refractivity (Wildman–Crippen MR) is 89.3 cm³/mol. The van der Waals surface area contributed by atoms with Gasteiger partial charge in [0.15, 0.2) is 9.84 Å². The highest BCUT2D eigenvalue weighted by Gasteiger charge is 2.36. The Labute approximate surface area is 144 Å². The van der Waals surface area contributed by atoms with Crippen molar-refractivity contribution in [2.24, 2.45) is 0 Å². The van der Waals surface area contributed by atoms with Crippen LogP contribution in [-0.4, -0.2) is 49.1 Å². The Balaban J connectivity index is 2.11. The van der Waals surface area contributed by atoms with E-state index in [1.54, 1.807) is 0 Å². The number of anilines is 1. The minimum atomic E-state index is -3.63. The highest BCUT2D eigenvalue weighted by atomic mass is 35.5. The van der Waals surface area contributed by atoms with Crippen molar-refractivity contribution in [1.29, 1.82) is 0 Å². The third kappa shape index (κ3) is 4.06. The summed E-state index contributed by atoms with van der Waals surface area (Å²) in [5.74, 6) is -1.87. The van der Waals surface area contributed by atoms with Crippen LogP contribution in [0.1, 0.15) is 30.1 Å². The number of hydrogen-bond donors (Lipinski definition) is 2. The maximum Gasteiger partial charge on any atom is 0.337 e. The van der Waals surface area contributed by atoms with Crippen LogP contribution in [0.5, 0.6) is 0 Å². The quantitative estimate of drug-likeness (QED) is 0.814. The molecule has 9 heteroatoms. The Morgan fingerprint density at radius 3 is 2.50 bits per heavy atom. The summed E-state index contributed by atoms with van der Waals surface area (Å²) in [4.78, 5) is 23.2. The van der Waals surface area contributed by atoms with E-state index in [1.807, 2.05) is 0 Å². The Morgan fingerprint density at radius 2 is 1.96 bits per heavy atom. The largest absolute Gasteiger partial charge is 0.478 e. The van der Waals surface area contributed by atoms with Crippen LogP contribution in [0.4, 0.5) is 5.69 Å². The van der Waals surface area contributed by atoms with Gasteiger partial charge in [0, 0.05) is 18.9 Å². The number of carboxylic acids is 1. The summed E-state index contributed by atoms with van der Waals surface area (Å²) >= 11 is 5.83. The van der Waals surface area contributed by atoms with E-state index < -0.39 is 32.2 Å². The van der Waals surface area contributed by atoms with E-state index in [4.69, 9.17) is 21.4 Å². The van der Waals surface area contributed by atoms with Crippen LogP contribution in [0.15, 0.2) is 18.2 Å². The van der Waals surface area contributed by atoms with E-state index in [1.165, 1.54) is 25.1 Å². The zero-order chi connectivity index (χ0) is 17.9. The second-order valence-corrected chi connectivity index (χ2v) is 8.49. The Morgan fingerprint density at radius 1 is 1.33 bits per heavy atom. The molecule has 0 bridgehead atoms. The molecule has 1 aliphatic heterocycles. The van der Waals surface area contributed by atoms with Crippen molar-refractivity contribution in [2.45, 2.75) is 30.3 Å². The molecule has 1 heterocycles. The minimum Gasteiger partial charge on any atom is -0.478 e. The number of rotatable bonds is 5. The average molecular weight is 376 g/mol. The summed E-state index contributed by atoms with van der Waals surface area (Å²) in [6.45, 7) is 2.07. The molecular weight excluding hydrogens is 358 g/mol. The van der Waals surface area contributed by atoms with E-state index in [9.17, 15) is 18.0 Å². The maximum absolute atomic E-state index is 12.5. The Hall–Kier alpha value is -1.64. The number of benzene rings is 1. The molecule has 0 aromatic heterocycles. The van der Waals surface area contributed by atoms with Gasteiger partial charge in [-0.15, -0.1) is 0 Å². The van der Waals surface area contributed by atoms with Crippen molar-refractivity contribution in [3.8, 4) is 0 Å². The number of carboxylic acid groups (broad SMARTS) is 1. The van der Waals surface area contributed by atoms with Crippen LogP contribution in [0, 0.1) is 0 Å². The predicted octanol–water partition coefficient (Wildman–Crippen LogP) is 1.96. The molecule has 2 rings (SSSR count). The van der Waals surface area contributed by atoms with Crippen molar-refractivity contribution in [1.82, 2.24) is 0 Å². The van der Waals surface area contributed by atoms with Crippen molar-refractivity contribution in [3.05, 3.63) is 28.8 Å². The number of carbonyl (C=O) groups excluding carboxylic acids is 1. The second kappa shape index (κ2) is 7.50. The van der Waals surface area contributed by atoms with Gasteiger partial charge in [-0.3, -0.25) is 4.79 Å². The summed E-state index contributed by atoms with van der Waals surface area (Å²) in [6.07, 6.45) is 0.748. The lowest BCUT2D eigenvalue weighted by atomic mass is 10.2. The monoisotopic (exact) mass is 375 g/mol. The molecule has 1 aromatic rings. The first kappa shape index (κ1) is 18.7. The topological polar surface area (TPSA) is 110 Å². The van der Waals surface area contributed by atoms with Gasteiger partial charge in [0.25, 0.3) is 0 Å². The molecule has 0 spiro atoms. The molecule has 2 N–H and O–H groups in total. The Bertz CT molecular complexity index is 742. The molecule has 1 aromatic carbocycles. The van der Waals surface area contributed by atoms with Crippen LogP contribution in [0.3, 0.4) is 0 Å². The maximum atomic E-state index is 12.5. The molecular formula is C15H18ClNO6S. The van der Waals surface area contributed by atoms with E-state index in [0.717, 1.165) is 0 Å². The molecule has 1 fully saturated rings. The molecule has 0 aliphatic carbocycles. The van der Waals surface area contributed by atoms with Gasteiger partial charge in [0.2, 0.25) is 5.91 Å². The highest BCUT2D eigenvalue weighted by molar-refractivity contribution is 7.93. The summed E-state index contributed by atoms with van der Waals surface area (Å²) in [7, 11) is -3.63. The summed E-state index contributed by atoms with van der Waals surface area (Å²) in [5.41, 5.74) is 0.140. The molecule has 1 aliphatic rings. The van der Waals surface area contributed by atoms with Crippen molar-refractivity contribution >= 4 is 39.0 Å². The summed E-state index contributed by atoms with van der Waals surface area (Å²) in [6, 6.07) is 3.88. The van der Waals surface area contributed by atoms with Gasteiger partial charge in [-0.2, -0.15) is 0 Å². The summed E-state index contributed by atoms with van der Waals surface area (Å²) in [5, 5.41) is 9.53. The molecule has 24 heavy (non-hydrogen) atoms. The lowest BCUT2D eigenvalue weighted by Crippen LogP contribution is -2.41. The third-order valence-electron chi connectivity index (χ3n) is 3.96. The standard InChI is InChI=1S/C15H18ClNO6S/c1-9(24(21,22)11-4-6-23-7-5-11)14(18)17-10-2-3-12(15(19)20)13(16)8-10/h2-3,8-9,11H,4-7H2,1H3,(H,17,18)(H,19,20). The van der Waals surface area contributed by atoms with Gasteiger partial charge in [-0.1, -0.05) is 11.6 Å². The van der Waals surface area contributed by atoms with E-state index >= 15 is 0 Å². The molecule has 1 saturated heterocycles. The number of sulfone groups is 1. The zero-order valence-electron chi connectivity index (χ0n) is 13.0. The van der Waals surface area contributed by atoms with Crippen LogP contribution in [0.25, 0.3) is 0 Å². The van der Waals surface area contributed by atoms with E-state index in [-0.39, 0.29) is 16.3 Å². The SMILES string of the molecule is CC(C(=O)Nc1ccc(C(=O)O)c(Cl)c1)S(=O)(=O)C1CCOCC1. The smallest absolute Gasteiger partial charge is 0.337 e.